The highest BCUT2D eigenvalue weighted by atomic mass is 35.5. The number of benzene rings is 1. The Morgan fingerprint density at radius 1 is 1.11 bits per heavy atom. The number of likely N-dealkylation sites (tertiary alicyclic amines) is 1. The Balaban J connectivity index is 1.36. The fraction of sp³-hybridized carbons (Fsp3) is 0.389. The molecule has 3 heterocycles. The largest absolute Gasteiger partial charge is 0.486 e. The molecule has 2 N–H and O–H groups in total. The molecule has 0 saturated carbocycles. The SMILES string of the molecule is NC(=O)N1C[C@@H]2CN(c3ncc(OCc4c(Cl)cccc4Cl)cn3)C[C@@H]2C1. The van der Waals surface area contributed by atoms with Crippen molar-refractivity contribution in [2.75, 3.05) is 31.1 Å². The molecular formula is C18H19Cl2N5O2. The highest BCUT2D eigenvalue weighted by Crippen LogP contribution is 2.33. The molecule has 0 spiro atoms. The van der Waals surface area contributed by atoms with Gasteiger partial charge in [0.25, 0.3) is 0 Å². The Hall–Kier alpha value is -2.25. The number of urea groups is 1. The number of hydrogen-bond donors (Lipinski definition) is 1. The van der Waals surface area contributed by atoms with E-state index >= 15 is 0 Å². The zero-order valence-electron chi connectivity index (χ0n) is 14.5. The summed E-state index contributed by atoms with van der Waals surface area (Å²) in [5.41, 5.74) is 6.10. The second kappa shape index (κ2) is 7.40. The number of nitrogens with two attached hydrogens (primary N) is 1. The van der Waals surface area contributed by atoms with Gasteiger partial charge in [0.05, 0.1) is 12.4 Å². The normalized spacial score (nSPS) is 21.4. The van der Waals surface area contributed by atoms with Gasteiger partial charge < -0.3 is 20.3 Å². The van der Waals surface area contributed by atoms with Crippen LogP contribution in [0.5, 0.6) is 5.75 Å². The molecule has 2 aromatic rings. The molecule has 1 aromatic carbocycles. The number of carbonyl (C=O) groups is 1. The van der Waals surface area contributed by atoms with E-state index in [4.69, 9.17) is 33.7 Å². The standard InChI is InChI=1S/C18H19Cl2N5O2/c19-15-2-1-3-16(20)14(15)10-27-13-4-22-18(23-5-13)25-8-11-6-24(17(21)26)7-12(11)9-25/h1-5,11-12H,6-10H2,(H2,21,26)/t11-,12+. The summed E-state index contributed by atoms with van der Waals surface area (Å²) in [5.74, 6) is 2.05. The number of hydrogen-bond acceptors (Lipinski definition) is 5. The summed E-state index contributed by atoms with van der Waals surface area (Å²) >= 11 is 12.3. The van der Waals surface area contributed by atoms with Gasteiger partial charge >= 0.3 is 6.03 Å². The average molecular weight is 408 g/mol. The van der Waals surface area contributed by atoms with E-state index in [9.17, 15) is 4.79 Å². The number of nitrogens with zero attached hydrogens (tertiary/aromatic N) is 4. The van der Waals surface area contributed by atoms with Crippen LogP contribution in [-0.2, 0) is 6.61 Å². The lowest BCUT2D eigenvalue weighted by molar-refractivity contribution is 0.215. The predicted octanol–water partition coefficient (Wildman–Crippen LogP) is 2.81. The maximum absolute atomic E-state index is 11.3. The fourth-order valence-electron chi connectivity index (χ4n) is 3.71. The van der Waals surface area contributed by atoms with Crippen LogP contribution in [0, 0.1) is 11.8 Å². The van der Waals surface area contributed by atoms with Crippen LogP contribution < -0.4 is 15.4 Å². The summed E-state index contributed by atoms with van der Waals surface area (Å²) in [5, 5.41) is 1.13. The maximum atomic E-state index is 11.3. The molecule has 2 atom stereocenters. The summed E-state index contributed by atoms with van der Waals surface area (Å²) in [6.45, 7) is 3.30. The maximum Gasteiger partial charge on any atom is 0.314 e. The Bertz CT molecular complexity index is 814. The van der Waals surface area contributed by atoms with E-state index in [-0.39, 0.29) is 12.6 Å². The molecule has 27 heavy (non-hydrogen) atoms. The number of rotatable bonds is 4. The molecule has 2 fully saturated rings. The molecular weight excluding hydrogens is 389 g/mol. The van der Waals surface area contributed by atoms with Crippen molar-refractivity contribution in [3.05, 3.63) is 46.2 Å². The van der Waals surface area contributed by atoms with E-state index in [0.717, 1.165) is 18.7 Å². The molecule has 2 saturated heterocycles. The van der Waals surface area contributed by atoms with Crippen LogP contribution in [-0.4, -0.2) is 47.1 Å². The number of primary amides is 1. The summed E-state index contributed by atoms with van der Waals surface area (Å²) in [6.07, 6.45) is 3.30. The van der Waals surface area contributed by atoms with Crippen molar-refractivity contribution in [2.24, 2.45) is 17.6 Å². The highest BCUT2D eigenvalue weighted by molar-refractivity contribution is 6.35. The lowest BCUT2D eigenvalue weighted by Crippen LogP contribution is -2.37. The van der Waals surface area contributed by atoms with E-state index in [1.807, 2.05) is 0 Å². The summed E-state index contributed by atoms with van der Waals surface area (Å²) in [7, 11) is 0. The summed E-state index contributed by atoms with van der Waals surface area (Å²) in [6, 6.07) is 5.00. The minimum atomic E-state index is -0.340. The monoisotopic (exact) mass is 407 g/mol. The summed E-state index contributed by atoms with van der Waals surface area (Å²) < 4.78 is 5.72. The number of carbonyl (C=O) groups excluding carboxylic acids is 1. The molecule has 0 aliphatic carbocycles. The van der Waals surface area contributed by atoms with Gasteiger partial charge in [-0.25, -0.2) is 14.8 Å². The number of fused-ring (bicyclic) bond motifs is 1. The van der Waals surface area contributed by atoms with E-state index in [0.29, 0.717) is 46.7 Å². The van der Waals surface area contributed by atoms with Gasteiger partial charge in [0.1, 0.15) is 6.61 Å². The lowest BCUT2D eigenvalue weighted by atomic mass is 10.0. The van der Waals surface area contributed by atoms with Crippen molar-refractivity contribution in [1.82, 2.24) is 14.9 Å². The predicted molar refractivity (Wildman–Crippen MR) is 103 cm³/mol. The van der Waals surface area contributed by atoms with Gasteiger partial charge in [-0.05, 0) is 12.1 Å². The molecule has 0 bridgehead atoms. The van der Waals surface area contributed by atoms with Crippen molar-refractivity contribution in [3.63, 3.8) is 0 Å². The molecule has 7 nitrogen and oxygen atoms in total. The lowest BCUT2D eigenvalue weighted by Gasteiger charge is -2.20. The first kappa shape index (κ1) is 18.1. The van der Waals surface area contributed by atoms with E-state index < -0.39 is 0 Å². The summed E-state index contributed by atoms with van der Waals surface area (Å²) in [4.78, 5) is 24.0. The molecule has 1 aromatic heterocycles. The van der Waals surface area contributed by atoms with Crippen molar-refractivity contribution in [3.8, 4) is 5.75 Å². The van der Waals surface area contributed by atoms with Crippen LogP contribution >= 0.6 is 23.2 Å². The van der Waals surface area contributed by atoms with E-state index in [1.54, 1.807) is 35.5 Å². The van der Waals surface area contributed by atoms with Crippen LogP contribution in [0.25, 0.3) is 0 Å². The molecule has 9 heteroatoms. The quantitative estimate of drug-likeness (QED) is 0.841. The molecule has 2 aliphatic heterocycles. The second-order valence-electron chi connectivity index (χ2n) is 6.88. The van der Waals surface area contributed by atoms with Crippen molar-refractivity contribution < 1.29 is 9.53 Å². The van der Waals surface area contributed by atoms with Gasteiger partial charge in [-0.1, -0.05) is 29.3 Å². The smallest absolute Gasteiger partial charge is 0.314 e. The molecule has 0 unspecified atom stereocenters. The van der Waals surface area contributed by atoms with E-state index in [1.165, 1.54) is 0 Å². The van der Waals surface area contributed by atoms with Gasteiger partial charge in [-0.2, -0.15) is 0 Å². The van der Waals surface area contributed by atoms with Gasteiger partial charge in [0.2, 0.25) is 5.95 Å². The van der Waals surface area contributed by atoms with Gasteiger partial charge in [-0.15, -0.1) is 0 Å². The topological polar surface area (TPSA) is 84.6 Å². The number of anilines is 1. The third kappa shape index (κ3) is 3.75. The van der Waals surface area contributed by atoms with Crippen LogP contribution in [0.4, 0.5) is 10.7 Å². The minimum absolute atomic E-state index is 0.248. The first-order chi connectivity index (χ1) is 13.0. The molecule has 2 amide bonds. The second-order valence-corrected chi connectivity index (χ2v) is 7.69. The Kier molecular flexibility index (Phi) is 4.97. The zero-order valence-corrected chi connectivity index (χ0v) is 16.0. The Morgan fingerprint density at radius 3 is 2.26 bits per heavy atom. The van der Waals surface area contributed by atoms with Crippen LogP contribution in [0.1, 0.15) is 5.56 Å². The first-order valence-corrected chi connectivity index (χ1v) is 9.44. The van der Waals surface area contributed by atoms with E-state index in [2.05, 4.69) is 14.9 Å². The van der Waals surface area contributed by atoms with Crippen LogP contribution in [0.2, 0.25) is 10.0 Å². The molecule has 4 rings (SSSR count). The third-order valence-electron chi connectivity index (χ3n) is 5.14. The number of aromatic nitrogens is 2. The van der Waals surface area contributed by atoms with Crippen LogP contribution in [0.3, 0.4) is 0 Å². The number of halogens is 2. The highest BCUT2D eigenvalue weighted by Gasteiger charge is 2.41. The number of amides is 2. The zero-order chi connectivity index (χ0) is 19.0. The number of ether oxygens (including phenoxy) is 1. The molecule has 142 valence electrons. The molecule has 2 aliphatic rings. The van der Waals surface area contributed by atoms with Gasteiger partial charge in [-0.3, -0.25) is 0 Å². The average Bonchev–Trinajstić information content (AvgIpc) is 3.21. The van der Waals surface area contributed by atoms with Gasteiger partial charge in [0.15, 0.2) is 5.75 Å². The third-order valence-corrected chi connectivity index (χ3v) is 5.85. The van der Waals surface area contributed by atoms with Gasteiger partial charge in [0, 0.05) is 53.6 Å². The molecule has 0 radical (unpaired) electrons. The van der Waals surface area contributed by atoms with Crippen LogP contribution in [0.15, 0.2) is 30.6 Å². The fourth-order valence-corrected chi connectivity index (χ4v) is 4.22. The van der Waals surface area contributed by atoms with Crippen molar-refractivity contribution >= 4 is 35.2 Å². The van der Waals surface area contributed by atoms with Crippen molar-refractivity contribution in [2.45, 2.75) is 6.61 Å². The Labute approximate surface area is 167 Å². The first-order valence-electron chi connectivity index (χ1n) is 8.68. The minimum Gasteiger partial charge on any atom is -0.486 e. The Morgan fingerprint density at radius 2 is 1.70 bits per heavy atom. The van der Waals surface area contributed by atoms with Crippen molar-refractivity contribution in [1.29, 1.82) is 0 Å².